The van der Waals surface area contributed by atoms with E-state index in [9.17, 15) is 15.0 Å². The summed E-state index contributed by atoms with van der Waals surface area (Å²) in [6.45, 7) is 8.13. The minimum Gasteiger partial charge on any atom is -0.396 e. The van der Waals surface area contributed by atoms with Gasteiger partial charge in [0.1, 0.15) is 6.10 Å². The lowest BCUT2D eigenvalue weighted by atomic mass is 9.68. The maximum atomic E-state index is 12.2. The van der Waals surface area contributed by atoms with Gasteiger partial charge in [-0.3, -0.25) is 4.79 Å². The smallest absolute Gasteiger partial charge is 0.188 e. The van der Waals surface area contributed by atoms with E-state index in [1.807, 2.05) is 13.0 Å². The van der Waals surface area contributed by atoms with Gasteiger partial charge in [-0.05, 0) is 69.4 Å². The monoisotopic (exact) mass is 318 g/mol. The molecule has 3 heteroatoms. The number of aliphatic hydroxyl groups excluding tert-OH is 2. The van der Waals surface area contributed by atoms with Gasteiger partial charge in [0.05, 0.1) is 0 Å². The molecular weight excluding hydrogens is 288 g/mol. The molecule has 23 heavy (non-hydrogen) atoms. The molecule has 0 aromatic carbocycles. The maximum Gasteiger partial charge on any atom is 0.188 e. The summed E-state index contributed by atoms with van der Waals surface area (Å²) in [5, 5.41) is 19.9. The molecule has 2 aliphatic rings. The molecule has 0 aromatic heterocycles. The van der Waals surface area contributed by atoms with Gasteiger partial charge in [0.2, 0.25) is 0 Å². The van der Waals surface area contributed by atoms with Gasteiger partial charge in [-0.25, -0.2) is 0 Å². The lowest BCUT2D eigenvalue weighted by molar-refractivity contribution is -0.120. The normalized spacial score (nSPS) is 36.3. The average molecular weight is 318 g/mol. The average Bonchev–Trinajstić information content (AvgIpc) is 2.50. The zero-order chi connectivity index (χ0) is 17.1. The Bertz CT molecular complexity index is 541. The molecule has 0 amide bonds. The van der Waals surface area contributed by atoms with Crippen LogP contribution in [0.2, 0.25) is 0 Å². The maximum absolute atomic E-state index is 12.2. The number of fused-ring (bicyclic) bond motifs is 1. The highest BCUT2D eigenvalue weighted by atomic mass is 16.3. The van der Waals surface area contributed by atoms with Crippen molar-refractivity contribution >= 4 is 5.78 Å². The lowest BCUT2D eigenvalue weighted by Crippen LogP contribution is -2.28. The van der Waals surface area contributed by atoms with Crippen LogP contribution in [0.15, 0.2) is 34.9 Å². The molecule has 0 saturated heterocycles. The lowest BCUT2D eigenvalue weighted by Gasteiger charge is -2.37. The number of allylic oxidation sites excluding steroid dienone is 3. The Balaban J connectivity index is 2.29. The first kappa shape index (κ1) is 18.2. The summed E-state index contributed by atoms with van der Waals surface area (Å²) < 4.78 is 0. The highest BCUT2D eigenvalue weighted by Crippen LogP contribution is 2.42. The zero-order valence-corrected chi connectivity index (χ0v) is 14.7. The number of carbonyl (C=O) groups is 1. The third-order valence-electron chi connectivity index (χ3n) is 5.58. The van der Waals surface area contributed by atoms with E-state index in [4.69, 9.17) is 0 Å². The second-order valence-corrected chi connectivity index (χ2v) is 7.49. The molecule has 0 radical (unpaired) electrons. The van der Waals surface area contributed by atoms with Gasteiger partial charge in [-0.15, -0.1) is 0 Å². The molecule has 2 N–H and O–H groups in total. The topological polar surface area (TPSA) is 57.5 Å². The highest BCUT2D eigenvalue weighted by Gasteiger charge is 2.32. The zero-order valence-electron chi connectivity index (χ0n) is 14.7. The van der Waals surface area contributed by atoms with Crippen LogP contribution in [0.5, 0.6) is 0 Å². The number of ketones is 1. The number of aliphatic hydroxyl groups is 2. The highest BCUT2D eigenvalue weighted by molar-refractivity contribution is 5.95. The van der Waals surface area contributed by atoms with Crippen LogP contribution in [0.3, 0.4) is 0 Å². The van der Waals surface area contributed by atoms with Crippen LogP contribution >= 0.6 is 0 Å². The summed E-state index contributed by atoms with van der Waals surface area (Å²) >= 11 is 0. The SMILES string of the molecule is CC1=CC(=O)C(O)C(C)=CC(CO)C(C)CC2C=C(C)C2CC1. The van der Waals surface area contributed by atoms with Gasteiger partial charge in [0.15, 0.2) is 5.78 Å². The minimum atomic E-state index is -1.09. The predicted octanol–water partition coefficient (Wildman–Crippen LogP) is 3.43. The molecule has 5 unspecified atom stereocenters. The Kier molecular flexibility index (Phi) is 5.99. The number of hydrogen-bond acceptors (Lipinski definition) is 3. The van der Waals surface area contributed by atoms with Crippen molar-refractivity contribution in [2.45, 2.75) is 53.1 Å². The van der Waals surface area contributed by atoms with Gasteiger partial charge < -0.3 is 10.2 Å². The molecule has 5 atom stereocenters. The molecule has 0 aliphatic heterocycles. The van der Waals surface area contributed by atoms with Crippen LogP contribution in [0.25, 0.3) is 0 Å². The van der Waals surface area contributed by atoms with E-state index in [0.717, 1.165) is 24.8 Å². The van der Waals surface area contributed by atoms with Crippen LogP contribution < -0.4 is 0 Å². The standard InChI is InChI=1S/C20H30O3/c1-12-5-6-18-14(3)9-16(18)8-13(2)17(11-21)10-15(4)20(23)19(22)7-12/h7,9-10,13,16-18,20-21,23H,5-6,8,11H2,1-4H3. The Morgan fingerprint density at radius 2 is 1.87 bits per heavy atom. The van der Waals surface area contributed by atoms with Crippen molar-refractivity contribution in [3.05, 3.63) is 34.9 Å². The van der Waals surface area contributed by atoms with Gasteiger partial charge in [0, 0.05) is 12.5 Å². The molecule has 3 nitrogen and oxygen atoms in total. The third kappa shape index (κ3) is 4.21. The minimum absolute atomic E-state index is 0.0155. The number of carbonyl (C=O) groups excluding carboxylic acids is 1. The van der Waals surface area contributed by atoms with E-state index in [-0.39, 0.29) is 18.3 Å². The van der Waals surface area contributed by atoms with Crippen LogP contribution in [-0.2, 0) is 4.79 Å². The second-order valence-electron chi connectivity index (χ2n) is 7.49. The van der Waals surface area contributed by atoms with Gasteiger partial charge in [-0.2, -0.15) is 0 Å². The predicted molar refractivity (Wildman–Crippen MR) is 92.9 cm³/mol. The van der Waals surface area contributed by atoms with Crippen molar-refractivity contribution in [2.24, 2.45) is 23.7 Å². The first-order valence-corrected chi connectivity index (χ1v) is 8.70. The van der Waals surface area contributed by atoms with Crippen LogP contribution in [-0.4, -0.2) is 28.7 Å². The van der Waals surface area contributed by atoms with Gasteiger partial charge >= 0.3 is 0 Å². The second kappa shape index (κ2) is 7.59. The largest absolute Gasteiger partial charge is 0.396 e. The molecule has 0 aromatic rings. The summed E-state index contributed by atoms with van der Waals surface area (Å²) in [4.78, 5) is 12.2. The van der Waals surface area contributed by atoms with Gasteiger partial charge in [-0.1, -0.05) is 30.2 Å². The van der Waals surface area contributed by atoms with Crippen LogP contribution in [0, 0.1) is 23.7 Å². The summed E-state index contributed by atoms with van der Waals surface area (Å²) in [6.07, 6.45) is 7.73. The van der Waals surface area contributed by atoms with E-state index in [1.165, 1.54) is 5.57 Å². The first-order chi connectivity index (χ1) is 10.8. The number of rotatable bonds is 1. The van der Waals surface area contributed by atoms with E-state index >= 15 is 0 Å². The summed E-state index contributed by atoms with van der Waals surface area (Å²) in [7, 11) is 0. The molecule has 0 fully saturated rings. The fraction of sp³-hybridized carbons (Fsp3) is 0.650. The molecular formula is C20H30O3. The Morgan fingerprint density at radius 1 is 1.17 bits per heavy atom. The molecule has 0 saturated carbocycles. The van der Waals surface area contributed by atoms with Crippen molar-refractivity contribution in [3.8, 4) is 0 Å². The molecule has 128 valence electrons. The molecule has 0 spiro atoms. The van der Waals surface area contributed by atoms with E-state index in [0.29, 0.717) is 23.3 Å². The Hall–Kier alpha value is -1.19. The van der Waals surface area contributed by atoms with Crippen LogP contribution in [0.1, 0.15) is 47.0 Å². The molecule has 2 aliphatic carbocycles. The van der Waals surface area contributed by atoms with Crippen molar-refractivity contribution in [1.82, 2.24) is 0 Å². The van der Waals surface area contributed by atoms with E-state index < -0.39 is 6.10 Å². The van der Waals surface area contributed by atoms with Crippen molar-refractivity contribution in [3.63, 3.8) is 0 Å². The Labute approximate surface area is 139 Å². The Morgan fingerprint density at radius 3 is 2.48 bits per heavy atom. The van der Waals surface area contributed by atoms with Crippen molar-refractivity contribution < 1.29 is 15.0 Å². The fourth-order valence-corrected chi connectivity index (χ4v) is 3.90. The van der Waals surface area contributed by atoms with Crippen molar-refractivity contribution in [1.29, 1.82) is 0 Å². The van der Waals surface area contributed by atoms with Crippen LogP contribution in [0.4, 0.5) is 0 Å². The molecule has 0 heterocycles. The first-order valence-electron chi connectivity index (χ1n) is 8.70. The number of hydrogen-bond donors (Lipinski definition) is 2. The summed E-state index contributed by atoms with van der Waals surface area (Å²) in [6, 6.07) is 0. The summed E-state index contributed by atoms with van der Waals surface area (Å²) in [5.74, 6) is 1.22. The summed E-state index contributed by atoms with van der Waals surface area (Å²) in [5.41, 5.74) is 3.12. The molecule has 0 bridgehead atoms. The third-order valence-corrected chi connectivity index (χ3v) is 5.58. The van der Waals surface area contributed by atoms with Crippen molar-refractivity contribution in [2.75, 3.05) is 6.61 Å². The molecule has 2 rings (SSSR count). The quantitative estimate of drug-likeness (QED) is 0.728. The fourth-order valence-electron chi connectivity index (χ4n) is 3.90. The van der Waals surface area contributed by atoms with Gasteiger partial charge in [0.25, 0.3) is 0 Å². The van der Waals surface area contributed by atoms with E-state index in [1.54, 1.807) is 13.0 Å². The van der Waals surface area contributed by atoms with E-state index in [2.05, 4.69) is 19.9 Å².